The zero-order valence-electron chi connectivity index (χ0n) is 10.9. The summed E-state index contributed by atoms with van der Waals surface area (Å²) in [5, 5.41) is 0. The van der Waals surface area contributed by atoms with Gasteiger partial charge in [-0.25, -0.2) is 0 Å². The van der Waals surface area contributed by atoms with E-state index in [1.54, 1.807) is 18.2 Å². The van der Waals surface area contributed by atoms with Crippen LogP contribution in [0.2, 0.25) is 0 Å². The van der Waals surface area contributed by atoms with Gasteiger partial charge in [0.05, 0.1) is 18.2 Å². The van der Waals surface area contributed by atoms with Gasteiger partial charge in [0.2, 0.25) is 0 Å². The summed E-state index contributed by atoms with van der Waals surface area (Å²) in [5.74, 6) is -0.225. The molecule has 0 heterocycles. The van der Waals surface area contributed by atoms with E-state index in [0.717, 1.165) is 12.1 Å². The van der Waals surface area contributed by atoms with Crippen molar-refractivity contribution in [1.82, 2.24) is 0 Å². The number of halogens is 4. The van der Waals surface area contributed by atoms with E-state index in [1.165, 1.54) is 19.2 Å². The second-order valence-electron chi connectivity index (χ2n) is 4.22. The number of ketones is 1. The van der Waals surface area contributed by atoms with E-state index in [0.29, 0.717) is 10.2 Å². The molecule has 0 N–H and O–H groups in total. The number of methoxy groups -OCH3 is 1. The van der Waals surface area contributed by atoms with Crippen molar-refractivity contribution in [3.8, 4) is 5.75 Å². The zero-order valence-corrected chi connectivity index (χ0v) is 12.5. The van der Waals surface area contributed by atoms with Gasteiger partial charge in [0.1, 0.15) is 5.75 Å². The van der Waals surface area contributed by atoms with Crippen LogP contribution in [0.4, 0.5) is 13.2 Å². The number of rotatable bonds is 3. The number of hydrogen-bond acceptors (Lipinski definition) is 2. The molecule has 2 rings (SSSR count). The summed E-state index contributed by atoms with van der Waals surface area (Å²) < 4.78 is 43.6. The molecular formula is C15H10BrF3O2. The summed E-state index contributed by atoms with van der Waals surface area (Å²) in [7, 11) is 1.40. The Labute approximate surface area is 127 Å². The van der Waals surface area contributed by atoms with Crippen LogP contribution in [0.1, 0.15) is 21.5 Å². The molecule has 0 fully saturated rings. The monoisotopic (exact) mass is 358 g/mol. The van der Waals surface area contributed by atoms with Crippen molar-refractivity contribution in [2.75, 3.05) is 7.11 Å². The second kappa shape index (κ2) is 5.89. The lowest BCUT2D eigenvalue weighted by molar-refractivity contribution is -0.137. The van der Waals surface area contributed by atoms with Crippen LogP contribution in [-0.4, -0.2) is 12.9 Å². The molecule has 0 bridgehead atoms. The Balaban J connectivity index is 2.53. The van der Waals surface area contributed by atoms with E-state index < -0.39 is 17.5 Å². The number of ether oxygens (including phenoxy) is 1. The third-order valence-corrected chi connectivity index (χ3v) is 3.58. The van der Waals surface area contributed by atoms with E-state index in [-0.39, 0.29) is 11.1 Å². The largest absolute Gasteiger partial charge is 0.496 e. The third kappa shape index (κ3) is 3.26. The fraction of sp³-hybridized carbons (Fsp3) is 0.133. The summed E-state index contributed by atoms with van der Waals surface area (Å²) in [4.78, 5) is 12.4. The normalized spacial score (nSPS) is 11.3. The Kier molecular flexibility index (Phi) is 4.37. The molecule has 0 spiro atoms. The van der Waals surface area contributed by atoms with Crippen LogP contribution < -0.4 is 4.74 Å². The molecule has 2 aromatic rings. The number of hydrogen-bond donors (Lipinski definition) is 0. The van der Waals surface area contributed by atoms with Crippen molar-refractivity contribution >= 4 is 21.7 Å². The molecule has 0 aromatic heterocycles. The van der Waals surface area contributed by atoms with Gasteiger partial charge >= 0.3 is 6.18 Å². The van der Waals surface area contributed by atoms with Crippen molar-refractivity contribution in [2.24, 2.45) is 0 Å². The standard InChI is InChI=1S/C15H10BrF3O2/c1-21-13-5-3-2-4-10(13)14(20)11-8-9(15(17,18)19)6-7-12(11)16/h2-8H,1H3. The van der Waals surface area contributed by atoms with Gasteiger partial charge in [-0.1, -0.05) is 28.1 Å². The molecule has 0 aliphatic rings. The summed E-state index contributed by atoms with van der Waals surface area (Å²) in [6.07, 6.45) is -4.50. The van der Waals surface area contributed by atoms with Gasteiger partial charge in [-0.2, -0.15) is 13.2 Å². The van der Waals surface area contributed by atoms with E-state index >= 15 is 0 Å². The molecule has 110 valence electrons. The predicted octanol–water partition coefficient (Wildman–Crippen LogP) is 4.71. The number of para-hydroxylation sites is 1. The van der Waals surface area contributed by atoms with Gasteiger partial charge in [0, 0.05) is 10.0 Å². The number of alkyl halides is 3. The number of benzene rings is 2. The van der Waals surface area contributed by atoms with Gasteiger partial charge in [0.15, 0.2) is 5.78 Å². The van der Waals surface area contributed by atoms with Crippen LogP contribution in [0.3, 0.4) is 0 Å². The zero-order chi connectivity index (χ0) is 15.6. The highest BCUT2D eigenvalue weighted by molar-refractivity contribution is 9.10. The molecular weight excluding hydrogens is 349 g/mol. The Morgan fingerprint density at radius 2 is 1.76 bits per heavy atom. The summed E-state index contributed by atoms with van der Waals surface area (Å²) in [5.41, 5.74) is -0.724. The maximum absolute atomic E-state index is 12.8. The average Bonchev–Trinajstić information content (AvgIpc) is 2.45. The SMILES string of the molecule is COc1ccccc1C(=O)c1cc(C(F)(F)F)ccc1Br. The van der Waals surface area contributed by atoms with Crippen LogP contribution in [-0.2, 0) is 6.18 Å². The van der Waals surface area contributed by atoms with Crippen molar-refractivity contribution in [2.45, 2.75) is 6.18 Å². The molecule has 0 saturated heterocycles. The first-order valence-corrected chi connectivity index (χ1v) is 6.68. The van der Waals surface area contributed by atoms with Crippen molar-refractivity contribution < 1.29 is 22.7 Å². The van der Waals surface area contributed by atoms with E-state index in [4.69, 9.17) is 4.74 Å². The molecule has 0 atom stereocenters. The lowest BCUT2D eigenvalue weighted by atomic mass is 10.0. The molecule has 0 aliphatic heterocycles. The van der Waals surface area contributed by atoms with Crippen LogP contribution in [0.5, 0.6) is 5.75 Å². The molecule has 21 heavy (non-hydrogen) atoms. The van der Waals surface area contributed by atoms with Gasteiger partial charge in [0.25, 0.3) is 0 Å². The Hall–Kier alpha value is -1.82. The Bertz CT molecular complexity index is 681. The van der Waals surface area contributed by atoms with Gasteiger partial charge in [-0.15, -0.1) is 0 Å². The number of carbonyl (C=O) groups excluding carboxylic acids is 1. The molecule has 0 aliphatic carbocycles. The molecule has 0 radical (unpaired) electrons. The first-order valence-electron chi connectivity index (χ1n) is 5.89. The lowest BCUT2D eigenvalue weighted by Gasteiger charge is -2.11. The molecule has 0 amide bonds. The molecule has 6 heteroatoms. The van der Waals surface area contributed by atoms with Crippen LogP contribution in [0.25, 0.3) is 0 Å². The number of carbonyl (C=O) groups is 1. The Morgan fingerprint density at radius 1 is 1.10 bits per heavy atom. The van der Waals surface area contributed by atoms with E-state index in [1.807, 2.05) is 0 Å². The van der Waals surface area contributed by atoms with E-state index in [2.05, 4.69) is 15.9 Å². The highest BCUT2D eigenvalue weighted by Gasteiger charge is 2.32. The summed E-state index contributed by atoms with van der Waals surface area (Å²) in [6, 6.07) is 9.35. The quantitative estimate of drug-likeness (QED) is 0.743. The molecule has 2 aromatic carbocycles. The summed E-state index contributed by atoms with van der Waals surface area (Å²) in [6.45, 7) is 0. The van der Waals surface area contributed by atoms with Crippen molar-refractivity contribution in [1.29, 1.82) is 0 Å². The first kappa shape index (κ1) is 15.6. The van der Waals surface area contributed by atoms with Gasteiger partial charge in [-0.3, -0.25) is 4.79 Å². The maximum atomic E-state index is 12.8. The van der Waals surface area contributed by atoms with Gasteiger partial charge < -0.3 is 4.74 Å². The summed E-state index contributed by atoms with van der Waals surface area (Å²) >= 11 is 3.11. The van der Waals surface area contributed by atoms with Crippen LogP contribution in [0, 0.1) is 0 Å². The molecule has 2 nitrogen and oxygen atoms in total. The van der Waals surface area contributed by atoms with Gasteiger partial charge in [-0.05, 0) is 30.3 Å². The smallest absolute Gasteiger partial charge is 0.416 e. The van der Waals surface area contributed by atoms with E-state index in [9.17, 15) is 18.0 Å². The minimum absolute atomic E-state index is 0.0608. The van der Waals surface area contributed by atoms with Crippen LogP contribution in [0.15, 0.2) is 46.9 Å². The van der Waals surface area contributed by atoms with Crippen molar-refractivity contribution in [3.05, 3.63) is 63.6 Å². The fourth-order valence-corrected chi connectivity index (χ4v) is 2.28. The highest BCUT2D eigenvalue weighted by Crippen LogP contribution is 2.33. The average molecular weight is 359 g/mol. The minimum Gasteiger partial charge on any atom is -0.496 e. The lowest BCUT2D eigenvalue weighted by Crippen LogP contribution is -2.09. The maximum Gasteiger partial charge on any atom is 0.416 e. The van der Waals surface area contributed by atoms with Crippen molar-refractivity contribution in [3.63, 3.8) is 0 Å². The second-order valence-corrected chi connectivity index (χ2v) is 5.08. The third-order valence-electron chi connectivity index (χ3n) is 2.89. The van der Waals surface area contributed by atoms with Crippen LogP contribution >= 0.6 is 15.9 Å². The topological polar surface area (TPSA) is 26.3 Å². The highest BCUT2D eigenvalue weighted by atomic mass is 79.9. The molecule has 0 saturated carbocycles. The Morgan fingerprint density at radius 3 is 2.38 bits per heavy atom. The minimum atomic E-state index is -4.50. The predicted molar refractivity (Wildman–Crippen MR) is 75.6 cm³/mol. The fourth-order valence-electron chi connectivity index (χ4n) is 1.85. The first-order chi connectivity index (χ1) is 9.84. The molecule has 0 unspecified atom stereocenters.